The second kappa shape index (κ2) is 65.6. The molecular weight excluding hydrogens is 1930 g/mol. The van der Waals surface area contributed by atoms with Crippen molar-refractivity contribution < 1.29 is 111 Å². The Labute approximate surface area is 878 Å². The number of aliphatic hydroxyl groups is 1. The molecule has 0 unspecified atom stereocenters. The van der Waals surface area contributed by atoms with Crippen LogP contribution in [0.15, 0.2) is 97.2 Å². The van der Waals surface area contributed by atoms with Gasteiger partial charge >= 0.3 is 5.97 Å². The Morgan fingerprint density at radius 3 is 1.63 bits per heavy atom. The number of benzene rings is 3. The van der Waals surface area contributed by atoms with E-state index < -0.39 is 222 Å². The van der Waals surface area contributed by atoms with Gasteiger partial charge in [-0.3, -0.25) is 106 Å². The summed E-state index contributed by atoms with van der Waals surface area (Å²) in [6.07, 6.45) is 3.41. The molecule has 0 fully saturated rings. The number of H-pyrrole nitrogens is 1. The summed E-state index contributed by atoms with van der Waals surface area (Å²) < 4.78 is 0. The number of aromatic nitrogens is 1. The number of nitrogens with one attached hydrogen (secondary N) is 17. The first-order valence-electron chi connectivity index (χ1n) is 52.1. The number of phenols is 1. The van der Waals surface area contributed by atoms with Crippen molar-refractivity contribution >= 4 is 128 Å². The third-order valence-corrected chi connectivity index (χ3v) is 26.5. The fraction of sp³-hybridized carbons (Fsp3) is 0.607. The molecule has 0 aliphatic carbocycles. The minimum absolute atomic E-state index is 0.00327. The Bertz CT molecular complexity index is 5210. The van der Waals surface area contributed by atoms with E-state index in [1.165, 1.54) is 52.0 Å². The van der Waals surface area contributed by atoms with Crippen LogP contribution >= 0.6 is 0 Å². The maximum atomic E-state index is 15.6. The number of aliphatic hydroxyl groups excluding tert-OH is 1. The maximum absolute atomic E-state index is 15.6. The molecule has 0 saturated heterocycles. The maximum Gasteiger partial charge on any atom is 0.303 e. The zero-order valence-electron chi connectivity index (χ0n) is 89.6. The van der Waals surface area contributed by atoms with E-state index in [2.05, 4.69) is 90.3 Å². The number of Topliss-reactive ketones (excluding diaryl/α,β-unsaturated/α-hetero) is 9. The Balaban J connectivity index is 1.45. The molecule has 0 spiro atoms. The number of phenolic OH excluding ortho intramolecular Hbond substituents is 1. The smallest absolute Gasteiger partial charge is 0.303 e. The van der Waals surface area contributed by atoms with Crippen molar-refractivity contribution in [2.45, 2.75) is 353 Å². The summed E-state index contributed by atoms with van der Waals surface area (Å²) >= 11 is 0. The number of amides is 10. The molecule has 1 aromatic heterocycles. The van der Waals surface area contributed by atoms with E-state index in [0.717, 1.165) is 0 Å². The number of carbonyl (C=O) groups is 20. The molecule has 830 valence electrons. The Kier molecular flexibility index (Phi) is 56.0. The molecule has 24 N–H and O–H groups in total. The van der Waals surface area contributed by atoms with Crippen molar-refractivity contribution in [1.82, 2.24) is 95.2 Å². The number of nitrogens with zero attached hydrogens (tertiary/aromatic N) is 1. The number of aliphatic carboxylic acids is 1. The standard InChI is InChI=1S/C107H164N20O23/c1-63(2)52-82(117-72(12)129)101(146)122-98(71(11)128)104(149)120-84(54-73-30-24-23-25-31-73)102(147)124-107(14)48-29-22-20-18-16-17-19-21-28-47-106(13,94(139)60-114-68(8)90(135)46-51-112-67(7)89(134)45-50-111-66(6)88(133)44-49-110-65(5)86(131)40-41-87(132)69(9)116-62-127(15)61-96(109)141)123-103(148)85(53-64(3)4)126-125-79(38-42-95(108)140)92(137)57-91(136)70(10)113-59-93(138)81(56-75-58-115-78-33-27-26-32-77(75)78)118-100(145)83(55-74-34-36-76(130)37-35-74)119-99(144)80(121-105(107)150)39-43-97(142)143/h17,19,23-27,30-37,58,63-71,79-85,98,110-116,125-126,128,130H,16,18,20-22,28-29,38-57,59-62H2,1-15H3,(H2,108,140)(H2,109,141)(H,117,129)(H,118,145)(H,119,144)(H,120,149)(H,121,150)(H,122,146)(H,123,148)(H,124,147)(H,142,143)/b19-17+/t65-,66-,67-,68-,69-,70-,71+,79-,80-,81-,82-,83-,84-,85-,98-,106-,107+/m0/s1. The minimum atomic E-state index is -2.05. The van der Waals surface area contributed by atoms with Gasteiger partial charge in [-0.2, -0.15) is 0 Å². The van der Waals surface area contributed by atoms with E-state index in [-0.39, 0.29) is 176 Å². The van der Waals surface area contributed by atoms with Gasteiger partial charge in [-0.05, 0) is 180 Å². The highest BCUT2D eigenvalue weighted by Crippen LogP contribution is 2.25. The molecule has 0 bridgehead atoms. The van der Waals surface area contributed by atoms with Gasteiger partial charge < -0.3 is 101 Å². The lowest BCUT2D eigenvalue weighted by molar-refractivity contribution is -0.140. The number of primary amides is 2. The van der Waals surface area contributed by atoms with Gasteiger partial charge in [-0.1, -0.05) is 120 Å². The van der Waals surface area contributed by atoms with E-state index in [9.17, 15) is 87.2 Å². The normalized spacial score (nSPS) is 21.4. The Morgan fingerprint density at radius 1 is 0.513 bits per heavy atom. The SMILES string of the molecule is CC(=O)N[C@@H](CC(C)C)C(=O)N[C@H](C(=O)N[C@@H](Cc1ccccc1)C(=O)N[C@]1(C)CCCCCC/C=C/CCC[C@@](C)(C(=O)CN[C@@H](C)C(=O)CCN[C@@H](C)C(=O)CCN[C@@H](C)C(=O)CCN[C@@H](C)C(=O)CCC(=O)[C@H](C)NCN(C)CC(N)=O)NC(=O)[C@H](CC(C)C)NN[C@@H](CCC(N)=O)C(=O)CC(=O)[C@H](C)NCC(=O)[C@H](Cc2c[nH]c3ccccc23)NC(=O)[C@H](Cc2ccc(O)cc2)NC(=O)[C@H](CCC(=O)O)NC1=O)[C@@H](C)O. The number of hydrogen-bond acceptors (Lipinski definition) is 31. The van der Waals surface area contributed by atoms with Crippen LogP contribution in [0.1, 0.15) is 248 Å². The van der Waals surface area contributed by atoms with Crippen LogP contribution in [0, 0.1) is 11.8 Å². The molecule has 3 aromatic carbocycles. The summed E-state index contributed by atoms with van der Waals surface area (Å²) in [6, 6.07) is 4.45. The Morgan fingerprint density at radius 2 is 1.06 bits per heavy atom. The zero-order valence-corrected chi connectivity index (χ0v) is 89.6. The summed E-state index contributed by atoms with van der Waals surface area (Å²) in [4.78, 5) is 283. The van der Waals surface area contributed by atoms with Gasteiger partial charge in [0.05, 0.1) is 86.0 Å². The molecular formula is C107H164N20O23. The number of likely N-dealkylation sites (N-methyl/N-ethyl adjacent to an activating group) is 1. The number of allylic oxidation sites excluding steroid dienone is 2. The van der Waals surface area contributed by atoms with Gasteiger partial charge in [-0.25, -0.2) is 10.9 Å². The topological polar surface area (TPSA) is 666 Å². The summed E-state index contributed by atoms with van der Waals surface area (Å²) in [5.41, 5.74) is 15.1. The lowest BCUT2D eigenvalue weighted by Crippen LogP contribution is -2.65. The van der Waals surface area contributed by atoms with Crippen molar-refractivity contribution in [3.05, 3.63) is 114 Å². The van der Waals surface area contributed by atoms with Gasteiger partial charge in [0, 0.05) is 115 Å². The number of hydrogen-bond donors (Lipinski definition) is 22. The first-order valence-corrected chi connectivity index (χ1v) is 52.1. The van der Waals surface area contributed by atoms with E-state index >= 15 is 24.0 Å². The van der Waals surface area contributed by atoms with Crippen molar-refractivity contribution in [1.29, 1.82) is 0 Å². The second-order valence-corrected chi connectivity index (χ2v) is 40.7. The van der Waals surface area contributed by atoms with Crippen LogP contribution in [0.25, 0.3) is 10.9 Å². The highest BCUT2D eigenvalue weighted by atomic mass is 16.4. The number of aromatic hydroxyl groups is 1. The lowest BCUT2D eigenvalue weighted by atomic mass is 9.88. The molecule has 17 atom stereocenters. The van der Waals surface area contributed by atoms with E-state index in [1.54, 1.807) is 114 Å². The highest BCUT2D eigenvalue weighted by Gasteiger charge is 2.43. The molecule has 1 aliphatic rings. The fourth-order valence-electron chi connectivity index (χ4n) is 16.9. The van der Waals surface area contributed by atoms with Crippen molar-refractivity contribution in [3.63, 3.8) is 0 Å². The average molecular weight is 2100 g/mol. The van der Waals surface area contributed by atoms with Gasteiger partial charge in [0.2, 0.25) is 59.1 Å². The predicted molar refractivity (Wildman–Crippen MR) is 564 cm³/mol. The molecule has 10 amide bonds. The predicted octanol–water partition coefficient (Wildman–Crippen LogP) is 1.80. The quantitative estimate of drug-likeness (QED) is 0.0170. The van der Waals surface area contributed by atoms with E-state index in [0.29, 0.717) is 66.1 Å². The summed E-state index contributed by atoms with van der Waals surface area (Å²) in [6.45, 7) is 21.9. The number of fused-ring (bicyclic) bond motifs is 1. The zero-order chi connectivity index (χ0) is 112. The number of hydrazine groups is 1. The number of ketones is 9. The summed E-state index contributed by atoms with van der Waals surface area (Å²) in [5.74, 6) is -14.1. The largest absolute Gasteiger partial charge is 0.508 e. The molecule has 1 aliphatic heterocycles. The number of rotatable bonds is 53. The van der Waals surface area contributed by atoms with Crippen LogP contribution in [0.4, 0.5) is 0 Å². The number of nitrogens with two attached hydrogens (primary N) is 2. The number of aromatic amines is 1. The molecule has 2 heterocycles. The fourth-order valence-corrected chi connectivity index (χ4v) is 16.9. The molecule has 0 saturated carbocycles. The highest BCUT2D eigenvalue weighted by molar-refractivity contribution is 6.05. The van der Waals surface area contributed by atoms with Crippen molar-refractivity contribution in [2.24, 2.45) is 23.3 Å². The average Bonchev–Trinajstić information content (AvgIpc) is 0.884. The molecule has 4 aromatic rings. The summed E-state index contributed by atoms with van der Waals surface area (Å²) in [7, 11) is 1.67. The van der Waals surface area contributed by atoms with Crippen molar-refractivity contribution in [3.8, 4) is 5.75 Å². The Hall–Kier alpha value is -12.5. The molecule has 43 nitrogen and oxygen atoms in total. The number of carboxylic acid groups (broad SMARTS) is 1. The third-order valence-electron chi connectivity index (χ3n) is 26.5. The molecule has 150 heavy (non-hydrogen) atoms. The van der Waals surface area contributed by atoms with Crippen molar-refractivity contribution in [2.75, 3.05) is 53.0 Å². The third kappa shape index (κ3) is 47.0. The van der Waals surface area contributed by atoms with Crippen LogP contribution in [0.3, 0.4) is 0 Å². The lowest BCUT2D eigenvalue weighted by Gasteiger charge is -2.34. The number of carboxylic acids is 1. The van der Waals surface area contributed by atoms with Crippen LogP contribution < -0.4 is 96.8 Å². The van der Waals surface area contributed by atoms with E-state index in [1.807, 2.05) is 39.8 Å². The molecule has 43 heteroatoms. The minimum Gasteiger partial charge on any atom is -0.508 e. The van der Waals surface area contributed by atoms with Crippen LogP contribution in [-0.4, -0.2) is 297 Å². The van der Waals surface area contributed by atoms with Gasteiger partial charge in [0.15, 0.2) is 40.5 Å². The van der Waals surface area contributed by atoms with E-state index in [4.69, 9.17) is 11.5 Å². The number of para-hydroxylation sites is 1. The van der Waals surface area contributed by atoms with Gasteiger partial charge in [0.1, 0.15) is 59.1 Å². The van der Waals surface area contributed by atoms with Crippen LogP contribution in [-0.2, 0) is 115 Å². The van der Waals surface area contributed by atoms with Crippen LogP contribution in [0.5, 0.6) is 5.75 Å². The summed E-state index contributed by atoms with van der Waals surface area (Å²) in [5, 5.41) is 72.3. The second-order valence-electron chi connectivity index (χ2n) is 40.7. The number of carbonyl (C=O) groups excluding carboxylic acids is 19. The van der Waals surface area contributed by atoms with Gasteiger partial charge in [0.25, 0.3) is 0 Å². The first-order chi connectivity index (χ1) is 70.8. The van der Waals surface area contributed by atoms with Crippen LogP contribution in [0.2, 0.25) is 0 Å². The molecule has 5 rings (SSSR count). The molecule has 0 radical (unpaired) electrons. The monoisotopic (exact) mass is 2100 g/mol. The van der Waals surface area contributed by atoms with Gasteiger partial charge in [-0.15, -0.1) is 0 Å². The first kappa shape index (κ1) is 128.